The zero-order chi connectivity index (χ0) is 11.0. The van der Waals surface area contributed by atoms with Gasteiger partial charge in [0.1, 0.15) is 0 Å². The molecule has 0 saturated heterocycles. The summed E-state index contributed by atoms with van der Waals surface area (Å²) in [4.78, 5) is 6.33. The summed E-state index contributed by atoms with van der Waals surface area (Å²) in [5, 5.41) is 1.39. The highest BCUT2D eigenvalue weighted by atomic mass is 32.1. The van der Waals surface area contributed by atoms with Gasteiger partial charge in [-0.25, -0.2) is 4.98 Å². The van der Waals surface area contributed by atoms with Crippen LogP contribution in [0.3, 0.4) is 0 Å². The highest BCUT2D eigenvalue weighted by molar-refractivity contribution is 7.11. The van der Waals surface area contributed by atoms with Crippen molar-refractivity contribution in [2.24, 2.45) is 5.73 Å². The summed E-state index contributed by atoms with van der Waals surface area (Å²) in [5.74, 6) is 0.747. The van der Waals surface area contributed by atoms with E-state index in [0.717, 1.165) is 12.3 Å². The average Bonchev–Trinajstić information content (AvgIpc) is 2.76. The second kappa shape index (κ2) is 4.46. The first-order chi connectivity index (χ1) is 7.84. The lowest BCUT2D eigenvalue weighted by atomic mass is 9.90. The number of nitrogens with zero attached hydrogens (tertiary/aromatic N) is 1. The fourth-order valence-corrected chi connectivity index (χ4v) is 4.34. The summed E-state index contributed by atoms with van der Waals surface area (Å²) in [7, 11) is 0. The van der Waals surface area contributed by atoms with Gasteiger partial charge in [-0.2, -0.15) is 0 Å². The zero-order valence-corrected chi connectivity index (χ0v) is 10.6. The van der Waals surface area contributed by atoms with Gasteiger partial charge < -0.3 is 5.73 Å². The Hall–Kier alpha value is -0.410. The Kier molecular flexibility index (Phi) is 2.99. The van der Waals surface area contributed by atoms with Gasteiger partial charge in [0.2, 0.25) is 0 Å². The summed E-state index contributed by atoms with van der Waals surface area (Å²) in [6.07, 6.45) is 10.5. The largest absolute Gasteiger partial charge is 0.323 e. The van der Waals surface area contributed by atoms with Crippen LogP contribution in [0.4, 0.5) is 0 Å². The quantitative estimate of drug-likeness (QED) is 0.810. The van der Waals surface area contributed by atoms with Crippen molar-refractivity contribution >= 4 is 11.3 Å². The van der Waals surface area contributed by atoms with Crippen molar-refractivity contribution in [3.63, 3.8) is 0 Å². The molecule has 1 aromatic heterocycles. The molecule has 88 valence electrons. The summed E-state index contributed by atoms with van der Waals surface area (Å²) >= 11 is 1.95. The highest BCUT2D eigenvalue weighted by Crippen LogP contribution is 2.39. The number of aryl methyl sites for hydroxylation is 1. The van der Waals surface area contributed by atoms with Crippen molar-refractivity contribution < 1.29 is 0 Å². The van der Waals surface area contributed by atoms with E-state index in [0.29, 0.717) is 0 Å². The van der Waals surface area contributed by atoms with Gasteiger partial charge >= 0.3 is 0 Å². The van der Waals surface area contributed by atoms with Gasteiger partial charge in [-0.05, 0) is 32.1 Å². The van der Waals surface area contributed by atoms with Crippen molar-refractivity contribution in [2.75, 3.05) is 0 Å². The molecule has 1 heterocycles. The van der Waals surface area contributed by atoms with Crippen molar-refractivity contribution in [1.29, 1.82) is 0 Å². The van der Waals surface area contributed by atoms with Crippen LogP contribution in [0.15, 0.2) is 0 Å². The molecule has 2 N–H and O–H groups in total. The van der Waals surface area contributed by atoms with Crippen LogP contribution in [0.25, 0.3) is 0 Å². The molecule has 0 radical (unpaired) electrons. The number of rotatable bonds is 1. The van der Waals surface area contributed by atoms with Crippen LogP contribution in [0.2, 0.25) is 0 Å². The van der Waals surface area contributed by atoms with Crippen molar-refractivity contribution in [1.82, 2.24) is 4.98 Å². The van der Waals surface area contributed by atoms with Gasteiger partial charge in [-0.1, -0.05) is 19.3 Å². The number of fused-ring (bicyclic) bond motifs is 1. The van der Waals surface area contributed by atoms with Crippen LogP contribution >= 0.6 is 11.3 Å². The maximum Gasteiger partial charge on any atom is 0.0962 e. The van der Waals surface area contributed by atoms with Crippen LogP contribution in [-0.4, -0.2) is 4.98 Å². The lowest BCUT2D eigenvalue weighted by Gasteiger charge is -2.19. The number of hydrogen-bond acceptors (Lipinski definition) is 3. The monoisotopic (exact) mass is 236 g/mol. The molecule has 3 heteroatoms. The summed E-state index contributed by atoms with van der Waals surface area (Å²) in [5.41, 5.74) is 7.37. The highest BCUT2D eigenvalue weighted by Gasteiger charge is 2.25. The summed E-state index contributed by atoms with van der Waals surface area (Å²) < 4.78 is 0. The third-order valence-electron chi connectivity index (χ3n) is 3.97. The van der Waals surface area contributed by atoms with Crippen molar-refractivity contribution in [2.45, 2.75) is 63.3 Å². The second-order valence-corrected chi connectivity index (χ2v) is 6.31. The Bertz CT molecular complexity index is 366. The predicted octanol–water partition coefficient (Wildman–Crippen LogP) is 3.53. The first-order valence-electron chi connectivity index (χ1n) is 6.59. The molecule has 2 aliphatic rings. The van der Waals surface area contributed by atoms with Crippen LogP contribution in [0, 0.1) is 0 Å². The van der Waals surface area contributed by atoms with Gasteiger partial charge in [-0.15, -0.1) is 11.3 Å². The maximum absolute atomic E-state index is 6.13. The van der Waals surface area contributed by atoms with Crippen LogP contribution in [-0.2, 0) is 6.42 Å². The van der Waals surface area contributed by atoms with Crippen LogP contribution in [0.5, 0.6) is 0 Å². The van der Waals surface area contributed by atoms with E-state index in [1.807, 2.05) is 11.3 Å². The number of hydrogen-bond donors (Lipinski definition) is 1. The molecule has 3 rings (SSSR count). The molecule has 0 spiro atoms. The summed E-state index contributed by atoms with van der Waals surface area (Å²) in [6.45, 7) is 0. The fraction of sp³-hybridized carbons (Fsp3) is 0.769. The third kappa shape index (κ3) is 1.91. The van der Waals surface area contributed by atoms with E-state index in [2.05, 4.69) is 0 Å². The fourth-order valence-electron chi connectivity index (χ4n) is 2.99. The minimum Gasteiger partial charge on any atom is -0.323 e. The molecule has 2 nitrogen and oxygen atoms in total. The summed E-state index contributed by atoms with van der Waals surface area (Å²) in [6, 6.07) is 0.220. The van der Waals surface area contributed by atoms with Gasteiger partial charge in [0.05, 0.1) is 10.7 Å². The van der Waals surface area contributed by atoms with E-state index in [4.69, 9.17) is 10.7 Å². The molecule has 0 aliphatic heterocycles. The molecule has 16 heavy (non-hydrogen) atoms. The SMILES string of the molecule is NC1CCCc2sc(C3CCCCC3)nc21. The zero-order valence-electron chi connectivity index (χ0n) is 9.74. The normalized spacial score (nSPS) is 26.7. The molecule has 0 amide bonds. The smallest absolute Gasteiger partial charge is 0.0962 e. The van der Waals surface area contributed by atoms with E-state index in [-0.39, 0.29) is 6.04 Å². The first kappa shape index (κ1) is 10.7. The Morgan fingerprint density at radius 1 is 1.06 bits per heavy atom. The molecule has 0 aromatic carbocycles. The Labute approximate surface area is 101 Å². The molecule has 2 aliphatic carbocycles. The van der Waals surface area contributed by atoms with E-state index < -0.39 is 0 Å². The molecule has 1 saturated carbocycles. The number of aromatic nitrogens is 1. The van der Waals surface area contributed by atoms with Gasteiger partial charge in [0.25, 0.3) is 0 Å². The van der Waals surface area contributed by atoms with E-state index in [1.54, 1.807) is 0 Å². The van der Waals surface area contributed by atoms with Gasteiger partial charge in [0.15, 0.2) is 0 Å². The molecular weight excluding hydrogens is 216 g/mol. The lowest BCUT2D eigenvalue weighted by molar-refractivity contribution is 0.441. The van der Waals surface area contributed by atoms with E-state index in [9.17, 15) is 0 Å². The maximum atomic E-state index is 6.13. The Morgan fingerprint density at radius 2 is 1.88 bits per heavy atom. The van der Waals surface area contributed by atoms with Crippen LogP contribution in [0.1, 0.15) is 72.5 Å². The Balaban J connectivity index is 1.85. The molecule has 1 fully saturated rings. The average molecular weight is 236 g/mol. The van der Waals surface area contributed by atoms with Crippen LogP contribution < -0.4 is 5.73 Å². The molecule has 1 aromatic rings. The first-order valence-corrected chi connectivity index (χ1v) is 7.41. The topological polar surface area (TPSA) is 38.9 Å². The lowest BCUT2D eigenvalue weighted by Crippen LogP contribution is -2.16. The molecular formula is C13H20N2S. The molecule has 0 bridgehead atoms. The third-order valence-corrected chi connectivity index (χ3v) is 5.26. The van der Waals surface area contributed by atoms with Crippen molar-refractivity contribution in [3.05, 3.63) is 15.6 Å². The van der Waals surface area contributed by atoms with Gasteiger partial charge in [0, 0.05) is 16.8 Å². The standard InChI is InChI=1S/C13H20N2S/c14-10-7-4-8-11-12(10)15-13(16-11)9-5-2-1-3-6-9/h9-10H,1-8,14H2. The predicted molar refractivity (Wildman–Crippen MR) is 67.8 cm³/mol. The van der Waals surface area contributed by atoms with Crippen molar-refractivity contribution in [3.8, 4) is 0 Å². The van der Waals surface area contributed by atoms with Gasteiger partial charge in [-0.3, -0.25) is 0 Å². The Morgan fingerprint density at radius 3 is 2.62 bits per heavy atom. The van der Waals surface area contributed by atoms with E-state index in [1.165, 1.54) is 60.5 Å². The molecule has 1 unspecified atom stereocenters. The number of nitrogens with two attached hydrogens (primary N) is 1. The second-order valence-electron chi connectivity index (χ2n) is 5.19. The minimum absolute atomic E-state index is 0.220. The molecule has 1 atom stereocenters. The van der Waals surface area contributed by atoms with E-state index >= 15 is 0 Å². The number of thiazole rings is 1. The minimum atomic E-state index is 0.220.